The van der Waals surface area contributed by atoms with E-state index in [-0.39, 0.29) is 17.2 Å². The molecule has 4 nitrogen and oxygen atoms in total. The fourth-order valence-corrected chi connectivity index (χ4v) is 1.19. The van der Waals surface area contributed by atoms with Crippen molar-refractivity contribution in [3.8, 4) is 11.5 Å². The first-order valence-corrected chi connectivity index (χ1v) is 4.45. The van der Waals surface area contributed by atoms with Crippen molar-refractivity contribution in [3.63, 3.8) is 0 Å². The number of aromatic hydroxyl groups is 2. The molecule has 1 aromatic rings. The Morgan fingerprint density at radius 3 is 2.80 bits per heavy atom. The summed E-state index contributed by atoms with van der Waals surface area (Å²) in [5, 5.41) is 18.7. The fourth-order valence-electron chi connectivity index (χ4n) is 1.19. The standard InChI is InChI=1S/C11H13NO3/c1-3-7-12(2)11(15)8-5-4-6-9(13)10(8)14/h3-6,13-14H,1,7H2,2H3. The maximum Gasteiger partial charge on any atom is 0.257 e. The first-order valence-electron chi connectivity index (χ1n) is 4.45. The molecular formula is C11H13NO3. The maximum absolute atomic E-state index is 11.7. The van der Waals surface area contributed by atoms with E-state index in [1.807, 2.05) is 0 Å². The van der Waals surface area contributed by atoms with Gasteiger partial charge < -0.3 is 15.1 Å². The molecule has 2 N–H and O–H groups in total. The second-order valence-electron chi connectivity index (χ2n) is 3.15. The summed E-state index contributed by atoms with van der Waals surface area (Å²) in [7, 11) is 1.59. The van der Waals surface area contributed by atoms with Crippen LogP contribution in [0.25, 0.3) is 0 Å². The zero-order valence-electron chi connectivity index (χ0n) is 8.47. The van der Waals surface area contributed by atoms with Gasteiger partial charge in [-0.25, -0.2) is 0 Å². The van der Waals surface area contributed by atoms with Crippen molar-refractivity contribution in [1.82, 2.24) is 4.90 Å². The minimum Gasteiger partial charge on any atom is -0.504 e. The molecule has 1 rings (SSSR count). The molecule has 0 unspecified atom stereocenters. The van der Waals surface area contributed by atoms with Gasteiger partial charge in [-0.15, -0.1) is 6.58 Å². The second-order valence-corrected chi connectivity index (χ2v) is 3.15. The summed E-state index contributed by atoms with van der Waals surface area (Å²) >= 11 is 0. The van der Waals surface area contributed by atoms with Crippen LogP contribution in [0.15, 0.2) is 30.9 Å². The first kappa shape index (κ1) is 11.1. The molecule has 80 valence electrons. The molecule has 0 saturated carbocycles. The van der Waals surface area contributed by atoms with Crippen molar-refractivity contribution < 1.29 is 15.0 Å². The lowest BCUT2D eigenvalue weighted by Crippen LogP contribution is -2.26. The van der Waals surface area contributed by atoms with E-state index in [1.165, 1.54) is 23.1 Å². The van der Waals surface area contributed by atoms with Crippen LogP contribution in [0, 0.1) is 0 Å². The number of nitrogens with zero attached hydrogens (tertiary/aromatic N) is 1. The minimum atomic E-state index is -0.390. The van der Waals surface area contributed by atoms with Gasteiger partial charge in [-0.05, 0) is 12.1 Å². The Morgan fingerprint density at radius 1 is 1.53 bits per heavy atom. The summed E-state index contributed by atoms with van der Waals surface area (Å²) in [4.78, 5) is 13.1. The number of benzene rings is 1. The highest BCUT2D eigenvalue weighted by Gasteiger charge is 2.16. The van der Waals surface area contributed by atoms with Gasteiger partial charge in [-0.2, -0.15) is 0 Å². The molecule has 15 heavy (non-hydrogen) atoms. The van der Waals surface area contributed by atoms with Crippen molar-refractivity contribution in [2.75, 3.05) is 13.6 Å². The quantitative estimate of drug-likeness (QED) is 0.581. The third-order valence-electron chi connectivity index (χ3n) is 1.99. The van der Waals surface area contributed by atoms with Crippen LogP contribution in [0.5, 0.6) is 11.5 Å². The molecule has 0 aliphatic rings. The number of para-hydroxylation sites is 1. The van der Waals surface area contributed by atoms with Crippen molar-refractivity contribution in [2.45, 2.75) is 0 Å². The van der Waals surface area contributed by atoms with Crippen LogP contribution >= 0.6 is 0 Å². The van der Waals surface area contributed by atoms with E-state index < -0.39 is 5.75 Å². The maximum atomic E-state index is 11.7. The topological polar surface area (TPSA) is 60.8 Å². The Morgan fingerprint density at radius 2 is 2.20 bits per heavy atom. The van der Waals surface area contributed by atoms with Gasteiger partial charge in [0.25, 0.3) is 5.91 Å². The molecule has 0 fully saturated rings. The van der Waals surface area contributed by atoms with Gasteiger partial charge in [0.05, 0.1) is 5.56 Å². The van der Waals surface area contributed by atoms with Gasteiger partial charge in [0.15, 0.2) is 11.5 Å². The largest absolute Gasteiger partial charge is 0.504 e. The molecule has 1 aromatic carbocycles. The normalized spacial score (nSPS) is 9.67. The van der Waals surface area contributed by atoms with E-state index in [9.17, 15) is 15.0 Å². The van der Waals surface area contributed by atoms with E-state index in [1.54, 1.807) is 13.1 Å². The molecule has 0 aliphatic carbocycles. The highest BCUT2D eigenvalue weighted by Crippen LogP contribution is 2.28. The average Bonchev–Trinajstić information content (AvgIpc) is 2.21. The van der Waals surface area contributed by atoms with E-state index >= 15 is 0 Å². The highest BCUT2D eigenvalue weighted by atomic mass is 16.3. The van der Waals surface area contributed by atoms with Crippen molar-refractivity contribution in [3.05, 3.63) is 36.4 Å². The Balaban J connectivity index is 3.01. The van der Waals surface area contributed by atoms with Crippen LogP contribution in [0.3, 0.4) is 0 Å². The Labute approximate surface area is 88.1 Å². The summed E-state index contributed by atoms with van der Waals surface area (Å²) in [5.41, 5.74) is 0.0827. The third-order valence-corrected chi connectivity index (χ3v) is 1.99. The number of rotatable bonds is 3. The molecular weight excluding hydrogens is 194 g/mol. The van der Waals surface area contributed by atoms with Gasteiger partial charge in [0.2, 0.25) is 0 Å². The van der Waals surface area contributed by atoms with Crippen molar-refractivity contribution in [1.29, 1.82) is 0 Å². The molecule has 0 bridgehead atoms. The number of likely N-dealkylation sites (N-methyl/N-ethyl adjacent to an activating group) is 1. The molecule has 0 spiro atoms. The number of phenolic OH excluding ortho intramolecular Hbond substituents is 2. The lowest BCUT2D eigenvalue weighted by atomic mass is 10.1. The predicted molar refractivity (Wildman–Crippen MR) is 56.9 cm³/mol. The summed E-state index contributed by atoms with van der Waals surface area (Å²) < 4.78 is 0. The summed E-state index contributed by atoms with van der Waals surface area (Å²) in [6, 6.07) is 4.28. The lowest BCUT2D eigenvalue weighted by Gasteiger charge is -2.15. The van der Waals surface area contributed by atoms with Gasteiger partial charge in [-0.1, -0.05) is 12.1 Å². The fraction of sp³-hybridized carbons (Fsp3) is 0.182. The van der Waals surface area contributed by atoms with Gasteiger partial charge >= 0.3 is 0 Å². The van der Waals surface area contributed by atoms with E-state index in [0.29, 0.717) is 6.54 Å². The molecule has 0 radical (unpaired) electrons. The lowest BCUT2D eigenvalue weighted by molar-refractivity contribution is 0.0806. The Hall–Kier alpha value is -1.97. The number of carbonyl (C=O) groups is 1. The van der Waals surface area contributed by atoms with Crippen LogP contribution in [0.1, 0.15) is 10.4 Å². The number of hydrogen-bond donors (Lipinski definition) is 2. The van der Waals surface area contributed by atoms with E-state index in [4.69, 9.17) is 0 Å². The molecule has 0 saturated heterocycles. The summed E-state index contributed by atoms with van der Waals surface area (Å²) in [5.74, 6) is -1.05. The summed E-state index contributed by atoms with van der Waals surface area (Å²) in [6.45, 7) is 3.89. The molecule has 0 aromatic heterocycles. The van der Waals surface area contributed by atoms with E-state index in [2.05, 4.69) is 6.58 Å². The monoisotopic (exact) mass is 207 g/mol. The molecule has 1 amide bonds. The summed E-state index contributed by atoms with van der Waals surface area (Å²) in [6.07, 6.45) is 1.58. The zero-order valence-corrected chi connectivity index (χ0v) is 8.47. The predicted octanol–water partition coefficient (Wildman–Crippen LogP) is 1.36. The van der Waals surface area contributed by atoms with Crippen molar-refractivity contribution in [2.24, 2.45) is 0 Å². The minimum absolute atomic E-state index is 0.0827. The molecule has 0 heterocycles. The van der Waals surface area contributed by atoms with Crippen LogP contribution < -0.4 is 0 Å². The van der Waals surface area contributed by atoms with Gasteiger partial charge in [-0.3, -0.25) is 4.79 Å². The van der Waals surface area contributed by atoms with Crippen LogP contribution in [0.2, 0.25) is 0 Å². The SMILES string of the molecule is C=CCN(C)C(=O)c1cccc(O)c1O. The van der Waals surface area contributed by atoms with Crippen LogP contribution in [-0.2, 0) is 0 Å². The number of amides is 1. The van der Waals surface area contributed by atoms with Crippen molar-refractivity contribution >= 4 is 5.91 Å². The van der Waals surface area contributed by atoms with E-state index in [0.717, 1.165) is 0 Å². The average molecular weight is 207 g/mol. The number of carbonyl (C=O) groups excluding carboxylic acids is 1. The highest BCUT2D eigenvalue weighted by molar-refractivity contribution is 5.97. The van der Waals surface area contributed by atoms with Crippen LogP contribution in [-0.4, -0.2) is 34.6 Å². The third kappa shape index (κ3) is 2.28. The number of hydrogen-bond acceptors (Lipinski definition) is 3. The Kier molecular flexibility index (Phi) is 3.33. The smallest absolute Gasteiger partial charge is 0.257 e. The first-order chi connectivity index (χ1) is 7.07. The Bertz CT molecular complexity index is 387. The second kappa shape index (κ2) is 4.50. The zero-order chi connectivity index (χ0) is 11.4. The van der Waals surface area contributed by atoms with Gasteiger partial charge in [0, 0.05) is 13.6 Å². The molecule has 0 aliphatic heterocycles. The van der Waals surface area contributed by atoms with Gasteiger partial charge in [0.1, 0.15) is 0 Å². The molecule has 0 atom stereocenters. The van der Waals surface area contributed by atoms with Crippen LogP contribution in [0.4, 0.5) is 0 Å². The molecule has 4 heteroatoms. The number of phenols is 2.